The van der Waals surface area contributed by atoms with Crippen LogP contribution in [0.3, 0.4) is 0 Å². The highest BCUT2D eigenvalue weighted by Gasteiger charge is 2.28. The molecule has 1 aliphatic heterocycles. The number of benzene rings is 2. The van der Waals surface area contributed by atoms with Gasteiger partial charge in [-0.25, -0.2) is 0 Å². The van der Waals surface area contributed by atoms with Crippen LogP contribution in [0.25, 0.3) is 11.1 Å². The van der Waals surface area contributed by atoms with E-state index >= 15 is 0 Å². The van der Waals surface area contributed by atoms with Gasteiger partial charge < -0.3 is 5.32 Å². The Bertz CT molecular complexity index is 806. The molecule has 0 aromatic heterocycles. The molecule has 0 radical (unpaired) electrons. The maximum atomic E-state index is 12.2. The van der Waals surface area contributed by atoms with Crippen LogP contribution in [0.4, 0.5) is 0 Å². The maximum absolute atomic E-state index is 12.2. The average molecular weight is 353 g/mol. The fourth-order valence-corrected chi connectivity index (χ4v) is 3.00. The van der Waals surface area contributed by atoms with Crippen molar-refractivity contribution in [2.45, 2.75) is 19.3 Å². The van der Waals surface area contributed by atoms with Gasteiger partial charge in [-0.3, -0.25) is 9.79 Å². The van der Waals surface area contributed by atoms with Crippen molar-refractivity contribution in [2.24, 2.45) is 10.9 Å². The number of allylic oxidation sites excluding steroid dienone is 1. The Kier molecular flexibility index (Phi) is 5.34. The number of hydrogen-bond acceptors (Lipinski definition) is 2. The fraction of sp³-hybridized carbons (Fsp3) is 0.238. The van der Waals surface area contributed by atoms with Crippen molar-refractivity contribution in [2.75, 3.05) is 6.54 Å². The van der Waals surface area contributed by atoms with Crippen molar-refractivity contribution in [1.29, 1.82) is 0 Å². The van der Waals surface area contributed by atoms with E-state index in [1.165, 1.54) is 24.0 Å². The molecule has 1 amide bonds. The summed E-state index contributed by atoms with van der Waals surface area (Å²) in [7, 11) is 0. The highest BCUT2D eigenvalue weighted by Crippen LogP contribution is 2.32. The number of nitrogens with one attached hydrogen (secondary N) is 1. The third kappa shape index (κ3) is 4.37. The predicted molar refractivity (Wildman–Crippen MR) is 104 cm³/mol. The summed E-state index contributed by atoms with van der Waals surface area (Å²) in [6, 6.07) is 18.4. The van der Waals surface area contributed by atoms with E-state index < -0.39 is 0 Å². The average Bonchev–Trinajstić information content (AvgIpc) is 3.36. The Morgan fingerprint density at radius 2 is 1.68 bits per heavy atom. The lowest BCUT2D eigenvalue weighted by atomic mass is 10.0. The molecular weight excluding hydrogens is 332 g/mol. The number of amides is 1. The molecule has 128 valence electrons. The Balaban J connectivity index is 0.00000182. The zero-order valence-corrected chi connectivity index (χ0v) is 14.8. The molecule has 0 bridgehead atoms. The molecule has 2 aromatic carbocycles. The first-order valence-electron chi connectivity index (χ1n) is 8.47. The summed E-state index contributed by atoms with van der Waals surface area (Å²) in [6.07, 6.45) is 4.92. The molecule has 1 fully saturated rings. The molecule has 1 heterocycles. The Morgan fingerprint density at radius 1 is 1.00 bits per heavy atom. The van der Waals surface area contributed by atoms with Gasteiger partial charge in [-0.2, -0.15) is 0 Å². The van der Waals surface area contributed by atoms with Crippen LogP contribution in [-0.2, 0) is 11.2 Å². The smallest absolute Gasteiger partial charge is 0.228 e. The number of rotatable bonds is 5. The minimum absolute atomic E-state index is 0. The normalized spacial score (nSPS) is 15.8. The van der Waals surface area contributed by atoms with E-state index in [4.69, 9.17) is 0 Å². The van der Waals surface area contributed by atoms with Gasteiger partial charge in [0.25, 0.3) is 0 Å². The molecule has 0 atom stereocenters. The lowest BCUT2D eigenvalue weighted by Gasteiger charge is -2.06. The Hall–Kier alpha value is -2.39. The minimum Gasteiger partial charge on any atom is -0.328 e. The topological polar surface area (TPSA) is 41.5 Å². The summed E-state index contributed by atoms with van der Waals surface area (Å²) in [5.41, 5.74) is 5.48. The van der Waals surface area contributed by atoms with E-state index in [1.807, 2.05) is 36.4 Å². The highest BCUT2D eigenvalue weighted by molar-refractivity contribution is 6.01. The van der Waals surface area contributed by atoms with E-state index in [9.17, 15) is 4.79 Å². The first-order valence-corrected chi connectivity index (χ1v) is 8.47. The number of halogens is 1. The van der Waals surface area contributed by atoms with Gasteiger partial charge in [0.2, 0.25) is 5.91 Å². The largest absolute Gasteiger partial charge is 0.328 e. The fourth-order valence-electron chi connectivity index (χ4n) is 3.00. The summed E-state index contributed by atoms with van der Waals surface area (Å²) in [5.74, 6) is 0.672. The molecule has 1 saturated carbocycles. The van der Waals surface area contributed by atoms with E-state index in [0.29, 0.717) is 18.9 Å². The Morgan fingerprint density at radius 3 is 2.36 bits per heavy atom. The molecule has 3 nitrogen and oxygen atoms in total. The third-order valence-corrected chi connectivity index (χ3v) is 4.48. The quantitative estimate of drug-likeness (QED) is 0.861. The summed E-state index contributed by atoms with van der Waals surface area (Å²) >= 11 is 0. The number of carbonyl (C=O) groups excluding carboxylic acids is 1. The van der Waals surface area contributed by atoms with E-state index in [0.717, 1.165) is 17.0 Å². The van der Waals surface area contributed by atoms with Crippen LogP contribution in [0.1, 0.15) is 18.4 Å². The number of carbonyl (C=O) groups is 1. The third-order valence-electron chi connectivity index (χ3n) is 4.48. The van der Waals surface area contributed by atoms with Gasteiger partial charge >= 0.3 is 0 Å². The number of hydrogen-bond donors (Lipinski definition) is 1. The van der Waals surface area contributed by atoms with Crippen molar-refractivity contribution in [3.8, 4) is 11.1 Å². The molecular formula is C21H21ClN2O. The first kappa shape index (κ1) is 17.4. The highest BCUT2D eigenvalue weighted by atomic mass is 35.5. The molecule has 4 rings (SSSR count). The maximum Gasteiger partial charge on any atom is 0.228 e. The van der Waals surface area contributed by atoms with Crippen LogP contribution >= 0.6 is 12.4 Å². The molecule has 2 aliphatic rings. The van der Waals surface area contributed by atoms with Crippen LogP contribution in [0, 0.1) is 5.92 Å². The van der Waals surface area contributed by atoms with Gasteiger partial charge in [0.05, 0.1) is 13.0 Å². The van der Waals surface area contributed by atoms with E-state index in [1.54, 1.807) is 0 Å². The van der Waals surface area contributed by atoms with Crippen LogP contribution in [0.2, 0.25) is 0 Å². The Labute approximate surface area is 154 Å². The lowest BCUT2D eigenvalue weighted by Crippen LogP contribution is -2.25. The van der Waals surface area contributed by atoms with Crippen LogP contribution in [-0.4, -0.2) is 18.2 Å². The van der Waals surface area contributed by atoms with Gasteiger partial charge in [-0.1, -0.05) is 54.6 Å². The van der Waals surface area contributed by atoms with Crippen molar-refractivity contribution >= 4 is 24.0 Å². The van der Waals surface area contributed by atoms with Gasteiger partial charge in [-0.15, -0.1) is 12.4 Å². The molecule has 0 unspecified atom stereocenters. The van der Waals surface area contributed by atoms with Crippen molar-refractivity contribution < 1.29 is 4.79 Å². The van der Waals surface area contributed by atoms with E-state index in [-0.39, 0.29) is 18.3 Å². The number of nitrogens with zero attached hydrogens (tertiary/aromatic N) is 1. The molecule has 25 heavy (non-hydrogen) atoms. The lowest BCUT2D eigenvalue weighted by molar-refractivity contribution is -0.119. The zero-order valence-electron chi connectivity index (χ0n) is 13.9. The first-order chi connectivity index (χ1) is 11.8. The molecule has 1 aliphatic carbocycles. The van der Waals surface area contributed by atoms with Gasteiger partial charge in [0.1, 0.15) is 0 Å². The second-order valence-corrected chi connectivity index (χ2v) is 6.47. The van der Waals surface area contributed by atoms with E-state index in [2.05, 4.69) is 34.6 Å². The molecule has 1 N–H and O–H groups in total. The number of aliphatic imine (C=N–C) groups is 1. The summed E-state index contributed by atoms with van der Waals surface area (Å²) in [4.78, 5) is 16.7. The molecule has 0 spiro atoms. The molecule has 4 heteroatoms. The second kappa shape index (κ2) is 7.66. The monoisotopic (exact) mass is 352 g/mol. The van der Waals surface area contributed by atoms with Crippen molar-refractivity contribution in [1.82, 2.24) is 5.32 Å². The van der Waals surface area contributed by atoms with Crippen molar-refractivity contribution in [3.63, 3.8) is 0 Å². The summed E-state index contributed by atoms with van der Waals surface area (Å²) in [6.45, 7) is 0.616. The van der Waals surface area contributed by atoms with Crippen molar-refractivity contribution in [3.05, 3.63) is 71.9 Å². The van der Waals surface area contributed by atoms with Gasteiger partial charge in [0, 0.05) is 17.3 Å². The second-order valence-electron chi connectivity index (χ2n) is 6.47. The summed E-state index contributed by atoms with van der Waals surface area (Å²) < 4.78 is 0. The van der Waals surface area contributed by atoms with Crippen LogP contribution in [0.15, 0.2) is 71.4 Å². The van der Waals surface area contributed by atoms with Gasteiger partial charge in [-0.05, 0) is 35.6 Å². The standard InChI is InChI=1S/C21H20N2O.ClH/c24-21(23-19-13-20(22-14-19)18-10-11-18)12-15-6-8-17(9-7-15)16-4-2-1-3-5-16;/h1-9,13,18H,10-12,14H2,(H,23,24);1H. The van der Waals surface area contributed by atoms with Gasteiger partial charge in [0.15, 0.2) is 0 Å². The SMILES string of the molecule is Cl.O=C(Cc1ccc(-c2ccccc2)cc1)NC1=CC(C2CC2)=NC1. The molecule has 0 saturated heterocycles. The minimum atomic E-state index is 0. The zero-order chi connectivity index (χ0) is 16.4. The van der Waals surface area contributed by atoms with Crippen LogP contribution < -0.4 is 5.32 Å². The van der Waals surface area contributed by atoms with Crippen LogP contribution in [0.5, 0.6) is 0 Å². The predicted octanol–water partition coefficient (Wildman–Crippen LogP) is 4.18. The molecule has 2 aromatic rings. The summed E-state index contributed by atoms with van der Waals surface area (Å²) in [5, 5.41) is 2.99.